The van der Waals surface area contributed by atoms with E-state index in [4.69, 9.17) is 0 Å². The van der Waals surface area contributed by atoms with Crippen LogP contribution in [0.2, 0.25) is 0 Å². The van der Waals surface area contributed by atoms with Crippen LogP contribution in [-0.2, 0) is 13.0 Å². The lowest BCUT2D eigenvalue weighted by molar-refractivity contribution is 0.0954. The highest BCUT2D eigenvalue weighted by molar-refractivity contribution is 5.94. The Morgan fingerprint density at radius 3 is 2.19 bits per heavy atom. The van der Waals surface area contributed by atoms with Crippen LogP contribution in [0, 0.1) is 11.6 Å². The van der Waals surface area contributed by atoms with E-state index in [-0.39, 0.29) is 17.5 Å². The van der Waals surface area contributed by atoms with E-state index in [1.165, 1.54) is 24.3 Å². The van der Waals surface area contributed by atoms with Gasteiger partial charge in [-0.3, -0.25) is 4.79 Å². The molecule has 138 valence electrons. The molecule has 6 heteroatoms. The number of aromatic nitrogens is 1. The fourth-order valence-electron chi connectivity index (χ4n) is 2.54. The molecule has 0 bridgehead atoms. The van der Waals surface area contributed by atoms with E-state index < -0.39 is 0 Å². The molecule has 0 atom stereocenters. The smallest absolute Gasteiger partial charge is 0.251 e. The molecule has 0 fully saturated rings. The largest absolute Gasteiger partial charge is 0.366 e. The summed E-state index contributed by atoms with van der Waals surface area (Å²) in [6.45, 7) is 0.925. The highest BCUT2D eigenvalue weighted by Crippen LogP contribution is 2.10. The summed E-state index contributed by atoms with van der Waals surface area (Å²) >= 11 is 0. The molecule has 27 heavy (non-hydrogen) atoms. The van der Waals surface area contributed by atoms with E-state index >= 15 is 0 Å². The number of halogens is 2. The molecular formula is C21H19F2N3O. The Hall–Kier alpha value is -3.28. The minimum atomic E-state index is -0.281. The molecule has 2 N–H and O–H groups in total. The molecule has 0 aliphatic heterocycles. The van der Waals surface area contributed by atoms with Crippen LogP contribution in [0.3, 0.4) is 0 Å². The Morgan fingerprint density at radius 2 is 1.52 bits per heavy atom. The molecule has 3 aromatic rings. The second-order valence-electron chi connectivity index (χ2n) is 6.04. The first-order valence-corrected chi connectivity index (χ1v) is 8.57. The van der Waals surface area contributed by atoms with Crippen LogP contribution in [0.15, 0.2) is 66.9 Å². The molecule has 0 spiro atoms. The van der Waals surface area contributed by atoms with E-state index in [2.05, 4.69) is 15.6 Å². The Labute approximate surface area is 156 Å². The molecule has 3 rings (SSSR count). The Bertz CT molecular complexity index is 896. The Morgan fingerprint density at radius 1 is 0.889 bits per heavy atom. The number of nitrogens with one attached hydrogen (secondary N) is 2. The minimum absolute atomic E-state index is 0.204. The lowest BCUT2D eigenvalue weighted by Crippen LogP contribution is -2.25. The van der Waals surface area contributed by atoms with Crippen molar-refractivity contribution >= 4 is 11.7 Å². The van der Waals surface area contributed by atoms with Gasteiger partial charge in [0, 0.05) is 24.8 Å². The minimum Gasteiger partial charge on any atom is -0.366 e. The van der Waals surface area contributed by atoms with Crippen molar-refractivity contribution in [2.24, 2.45) is 0 Å². The predicted octanol–water partition coefficient (Wildman–Crippen LogP) is 3.94. The first kappa shape index (κ1) is 18.5. The molecule has 0 saturated carbocycles. The maximum atomic E-state index is 12.9. The summed E-state index contributed by atoms with van der Waals surface area (Å²) < 4.78 is 25.8. The van der Waals surface area contributed by atoms with Gasteiger partial charge in [0.15, 0.2) is 0 Å². The maximum Gasteiger partial charge on any atom is 0.251 e. The average molecular weight is 367 g/mol. The van der Waals surface area contributed by atoms with Gasteiger partial charge in [0.05, 0.1) is 0 Å². The van der Waals surface area contributed by atoms with E-state index in [1.54, 1.807) is 42.6 Å². The van der Waals surface area contributed by atoms with Crippen LogP contribution in [-0.4, -0.2) is 17.4 Å². The van der Waals surface area contributed by atoms with Gasteiger partial charge in [0.25, 0.3) is 5.91 Å². The van der Waals surface area contributed by atoms with Crippen molar-refractivity contribution in [3.05, 3.63) is 95.2 Å². The van der Waals surface area contributed by atoms with Crippen LogP contribution in [0.1, 0.15) is 21.5 Å². The Kier molecular flexibility index (Phi) is 6.10. The molecule has 0 aliphatic carbocycles. The molecular weight excluding hydrogens is 348 g/mol. The highest BCUT2D eigenvalue weighted by Gasteiger charge is 2.07. The predicted molar refractivity (Wildman–Crippen MR) is 100 cm³/mol. The molecule has 1 aromatic heterocycles. The average Bonchev–Trinajstić information content (AvgIpc) is 2.69. The first-order chi connectivity index (χ1) is 13.1. The number of carbonyl (C=O) groups excluding carboxylic acids is 1. The summed E-state index contributed by atoms with van der Waals surface area (Å²) in [7, 11) is 0. The van der Waals surface area contributed by atoms with Crippen molar-refractivity contribution in [1.29, 1.82) is 0 Å². The maximum absolute atomic E-state index is 12.9. The van der Waals surface area contributed by atoms with Crippen LogP contribution in [0.25, 0.3) is 0 Å². The number of rotatable bonds is 7. The number of amides is 1. The van der Waals surface area contributed by atoms with E-state index in [0.29, 0.717) is 30.9 Å². The zero-order chi connectivity index (χ0) is 19.1. The van der Waals surface area contributed by atoms with Gasteiger partial charge in [-0.2, -0.15) is 0 Å². The summed E-state index contributed by atoms with van der Waals surface area (Å²) in [6, 6.07) is 15.7. The number of anilines is 1. The highest BCUT2D eigenvalue weighted by atomic mass is 19.1. The normalized spacial score (nSPS) is 10.4. The van der Waals surface area contributed by atoms with Gasteiger partial charge in [-0.05, 0) is 53.9 Å². The fraction of sp³-hybridized carbons (Fsp3) is 0.143. The third-order valence-corrected chi connectivity index (χ3v) is 4.02. The quantitative estimate of drug-likeness (QED) is 0.665. The number of nitrogens with zero attached hydrogens (tertiary/aromatic N) is 1. The molecule has 0 aliphatic rings. The molecule has 0 unspecified atom stereocenters. The first-order valence-electron chi connectivity index (χ1n) is 8.57. The zero-order valence-corrected chi connectivity index (χ0v) is 14.6. The molecule has 1 amide bonds. The third kappa shape index (κ3) is 5.60. The van der Waals surface area contributed by atoms with Crippen LogP contribution in [0.5, 0.6) is 0 Å². The van der Waals surface area contributed by atoms with Gasteiger partial charge in [-0.25, -0.2) is 13.8 Å². The molecule has 0 radical (unpaired) electrons. The summed E-state index contributed by atoms with van der Waals surface area (Å²) in [5.74, 6) is -0.203. The molecule has 2 aromatic carbocycles. The summed E-state index contributed by atoms with van der Waals surface area (Å²) in [5, 5.41) is 5.95. The molecule has 0 saturated heterocycles. The fourth-order valence-corrected chi connectivity index (χ4v) is 2.54. The van der Waals surface area contributed by atoms with Crippen molar-refractivity contribution in [2.45, 2.75) is 13.0 Å². The number of hydrogen-bond donors (Lipinski definition) is 2. The lowest BCUT2D eigenvalue weighted by atomic mass is 10.1. The van der Waals surface area contributed by atoms with Crippen LogP contribution >= 0.6 is 0 Å². The Balaban J connectivity index is 1.51. The summed E-state index contributed by atoms with van der Waals surface area (Å²) in [6.07, 6.45) is 2.18. The van der Waals surface area contributed by atoms with Gasteiger partial charge < -0.3 is 10.6 Å². The van der Waals surface area contributed by atoms with Gasteiger partial charge in [0.1, 0.15) is 17.5 Å². The van der Waals surface area contributed by atoms with E-state index in [0.717, 1.165) is 11.1 Å². The van der Waals surface area contributed by atoms with Crippen molar-refractivity contribution in [1.82, 2.24) is 10.3 Å². The molecule has 1 heterocycles. The standard InChI is InChI=1S/C21H19F2N3O/c22-18-5-1-15(2-6-18)9-11-25-21(27)17-10-12-24-20(13-17)26-14-16-3-7-19(23)8-4-16/h1-8,10,12-13H,9,11,14H2,(H,24,26)(H,25,27). The SMILES string of the molecule is O=C(NCCc1ccc(F)cc1)c1ccnc(NCc2ccc(F)cc2)c1. The second-order valence-corrected chi connectivity index (χ2v) is 6.04. The van der Waals surface area contributed by atoms with E-state index in [9.17, 15) is 13.6 Å². The molecule has 4 nitrogen and oxygen atoms in total. The van der Waals surface area contributed by atoms with Crippen molar-refractivity contribution in [3.63, 3.8) is 0 Å². The zero-order valence-electron chi connectivity index (χ0n) is 14.6. The topological polar surface area (TPSA) is 54.0 Å². The van der Waals surface area contributed by atoms with Gasteiger partial charge in [-0.1, -0.05) is 24.3 Å². The van der Waals surface area contributed by atoms with Gasteiger partial charge in [0.2, 0.25) is 0 Å². The van der Waals surface area contributed by atoms with Crippen LogP contribution < -0.4 is 10.6 Å². The summed E-state index contributed by atoms with van der Waals surface area (Å²) in [5.41, 5.74) is 2.35. The third-order valence-electron chi connectivity index (χ3n) is 4.02. The lowest BCUT2D eigenvalue weighted by Gasteiger charge is -2.09. The van der Waals surface area contributed by atoms with Gasteiger partial charge in [-0.15, -0.1) is 0 Å². The second kappa shape index (κ2) is 8.89. The van der Waals surface area contributed by atoms with Gasteiger partial charge >= 0.3 is 0 Å². The van der Waals surface area contributed by atoms with Crippen LogP contribution in [0.4, 0.5) is 14.6 Å². The van der Waals surface area contributed by atoms with Crippen molar-refractivity contribution < 1.29 is 13.6 Å². The number of pyridine rings is 1. The summed E-state index contributed by atoms with van der Waals surface area (Å²) in [4.78, 5) is 16.5. The van der Waals surface area contributed by atoms with E-state index in [1.807, 2.05) is 0 Å². The number of benzene rings is 2. The van der Waals surface area contributed by atoms with Crippen molar-refractivity contribution in [2.75, 3.05) is 11.9 Å². The monoisotopic (exact) mass is 367 g/mol. The van der Waals surface area contributed by atoms with Crippen molar-refractivity contribution in [3.8, 4) is 0 Å². The number of hydrogen-bond acceptors (Lipinski definition) is 3. The number of carbonyl (C=O) groups is 1.